The molecule has 0 aliphatic heterocycles. The number of hydrogen-bond acceptors (Lipinski definition) is 2. The van der Waals surface area contributed by atoms with Gasteiger partial charge in [-0.3, -0.25) is 0 Å². The second-order valence-corrected chi connectivity index (χ2v) is 8.23. The van der Waals surface area contributed by atoms with Crippen molar-refractivity contribution in [2.45, 2.75) is 33.1 Å². The Bertz CT molecular complexity index is 334. The summed E-state index contributed by atoms with van der Waals surface area (Å²) in [5, 5.41) is 0. The summed E-state index contributed by atoms with van der Waals surface area (Å²) in [6.45, 7) is 4.40. The molecule has 2 fully saturated rings. The number of fused-ring (bicyclic) bond motifs is 2. The Hall–Kier alpha value is 0.240. The summed E-state index contributed by atoms with van der Waals surface area (Å²) < 4.78 is 22.2. The van der Waals surface area contributed by atoms with E-state index in [0.717, 1.165) is 5.92 Å². The van der Waals surface area contributed by atoms with Crippen LogP contribution in [-0.2, 0) is 9.05 Å². The molecule has 2 aliphatic rings. The molecule has 0 aromatic heterocycles. The van der Waals surface area contributed by atoms with E-state index in [-0.39, 0.29) is 17.1 Å². The van der Waals surface area contributed by atoms with Crippen LogP contribution in [0.5, 0.6) is 0 Å². The zero-order valence-corrected chi connectivity index (χ0v) is 10.2. The minimum atomic E-state index is -3.33. The van der Waals surface area contributed by atoms with E-state index in [9.17, 15) is 8.42 Å². The lowest BCUT2D eigenvalue weighted by Crippen LogP contribution is -2.34. The molecule has 2 aliphatic carbocycles. The van der Waals surface area contributed by atoms with E-state index in [1.807, 2.05) is 0 Å². The van der Waals surface area contributed by atoms with Crippen LogP contribution in [-0.4, -0.2) is 14.2 Å². The number of halogens is 1. The van der Waals surface area contributed by atoms with Gasteiger partial charge in [-0.2, -0.15) is 0 Å². The third-order valence-electron chi connectivity index (χ3n) is 4.43. The van der Waals surface area contributed by atoms with Crippen LogP contribution in [0.2, 0.25) is 0 Å². The smallest absolute Gasteiger partial charge is 0.212 e. The minimum Gasteiger partial charge on any atom is -0.212 e. The molecular formula is C10H17ClO2S. The van der Waals surface area contributed by atoms with Gasteiger partial charge >= 0.3 is 0 Å². The van der Waals surface area contributed by atoms with E-state index < -0.39 is 9.05 Å². The summed E-state index contributed by atoms with van der Waals surface area (Å²) in [5.41, 5.74) is 0.172. The summed E-state index contributed by atoms with van der Waals surface area (Å²) in [7, 11) is 2.02. The van der Waals surface area contributed by atoms with Crippen LogP contribution >= 0.6 is 10.7 Å². The Morgan fingerprint density at radius 1 is 1.36 bits per heavy atom. The van der Waals surface area contributed by atoms with Gasteiger partial charge in [0.2, 0.25) is 9.05 Å². The molecule has 3 unspecified atom stereocenters. The minimum absolute atomic E-state index is 0.169. The second kappa shape index (κ2) is 3.11. The molecule has 0 N–H and O–H groups in total. The Balaban J connectivity index is 2.20. The Labute approximate surface area is 90.4 Å². The summed E-state index contributed by atoms with van der Waals surface area (Å²) in [5.74, 6) is 1.77. The molecule has 82 valence electrons. The molecular weight excluding hydrogens is 220 g/mol. The van der Waals surface area contributed by atoms with Gasteiger partial charge < -0.3 is 0 Å². The van der Waals surface area contributed by atoms with Crippen LogP contribution in [0.25, 0.3) is 0 Å². The SMILES string of the molecule is CC1(C)C2CCC(C2)C1CS(=O)(=O)Cl. The quantitative estimate of drug-likeness (QED) is 0.691. The molecule has 3 atom stereocenters. The van der Waals surface area contributed by atoms with Crippen molar-refractivity contribution < 1.29 is 8.42 Å². The average Bonchev–Trinajstić information content (AvgIpc) is 2.51. The number of hydrogen-bond donors (Lipinski definition) is 0. The van der Waals surface area contributed by atoms with Crippen molar-refractivity contribution >= 4 is 19.7 Å². The van der Waals surface area contributed by atoms with Crippen LogP contribution in [0.4, 0.5) is 0 Å². The molecule has 0 amide bonds. The van der Waals surface area contributed by atoms with Crippen molar-refractivity contribution in [2.24, 2.45) is 23.2 Å². The van der Waals surface area contributed by atoms with Gasteiger partial charge in [0.15, 0.2) is 0 Å². The van der Waals surface area contributed by atoms with Crippen LogP contribution in [0.3, 0.4) is 0 Å². The molecule has 2 nitrogen and oxygen atoms in total. The highest BCUT2D eigenvalue weighted by Crippen LogP contribution is 2.59. The van der Waals surface area contributed by atoms with E-state index in [1.165, 1.54) is 19.3 Å². The maximum absolute atomic E-state index is 11.1. The van der Waals surface area contributed by atoms with Gasteiger partial charge in [-0.25, -0.2) is 8.42 Å². The first-order valence-corrected chi connectivity index (χ1v) is 7.71. The molecule has 2 saturated carbocycles. The van der Waals surface area contributed by atoms with Crippen LogP contribution in [0, 0.1) is 23.2 Å². The van der Waals surface area contributed by atoms with Crippen molar-refractivity contribution in [1.82, 2.24) is 0 Å². The molecule has 4 heteroatoms. The lowest BCUT2D eigenvalue weighted by atomic mass is 9.69. The highest BCUT2D eigenvalue weighted by Gasteiger charge is 2.53. The van der Waals surface area contributed by atoms with Crippen molar-refractivity contribution in [2.75, 3.05) is 5.75 Å². The molecule has 2 rings (SSSR count). The van der Waals surface area contributed by atoms with Crippen LogP contribution in [0.15, 0.2) is 0 Å². The summed E-state index contributed by atoms with van der Waals surface area (Å²) in [6, 6.07) is 0. The largest absolute Gasteiger partial charge is 0.232 e. The van der Waals surface area contributed by atoms with E-state index in [0.29, 0.717) is 5.92 Å². The fourth-order valence-electron chi connectivity index (χ4n) is 3.53. The fraction of sp³-hybridized carbons (Fsp3) is 1.00. The third-order valence-corrected chi connectivity index (χ3v) is 5.56. The molecule has 0 heterocycles. The first kappa shape index (κ1) is 10.7. The number of rotatable bonds is 2. The maximum Gasteiger partial charge on any atom is 0.232 e. The lowest BCUT2D eigenvalue weighted by Gasteiger charge is -2.37. The van der Waals surface area contributed by atoms with Crippen molar-refractivity contribution in [3.8, 4) is 0 Å². The molecule has 0 aromatic rings. The van der Waals surface area contributed by atoms with Gasteiger partial charge in [0.25, 0.3) is 0 Å². The van der Waals surface area contributed by atoms with Crippen LogP contribution in [0.1, 0.15) is 33.1 Å². The maximum atomic E-state index is 11.1. The first-order chi connectivity index (χ1) is 6.31. The van der Waals surface area contributed by atoms with Gasteiger partial charge in [0.05, 0.1) is 5.75 Å². The second-order valence-electron chi connectivity index (χ2n) is 5.40. The van der Waals surface area contributed by atoms with Crippen LogP contribution < -0.4 is 0 Å². The van der Waals surface area contributed by atoms with Gasteiger partial charge in [-0.05, 0) is 42.4 Å². The lowest BCUT2D eigenvalue weighted by molar-refractivity contribution is 0.140. The molecule has 14 heavy (non-hydrogen) atoms. The summed E-state index contributed by atoms with van der Waals surface area (Å²) in [6.07, 6.45) is 3.69. The van der Waals surface area contributed by atoms with Gasteiger partial charge in [0.1, 0.15) is 0 Å². The topological polar surface area (TPSA) is 34.1 Å². The molecule has 2 bridgehead atoms. The van der Waals surface area contributed by atoms with Gasteiger partial charge in [0, 0.05) is 10.7 Å². The average molecular weight is 237 g/mol. The predicted molar refractivity (Wildman–Crippen MR) is 57.7 cm³/mol. The van der Waals surface area contributed by atoms with Gasteiger partial charge in [-0.15, -0.1) is 0 Å². The zero-order chi connectivity index (χ0) is 10.6. The zero-order valence-electron chi connectivity index (χ0n) is 8.66. The Morgan fingerprint density at radius 3 is 2.43 bits per heavy atom. The van der Waals surface area contributed by atoms with Crippen molar-refractivity contribution in [1.29, 1.82) is 0 Å². The van der Waals surface area contributed by atoms with Crippen molar-refractivity contribution in [3.05, 3.63) is 0 Å². The van der Waals surface area contributed by atoms with E-state index >= 15 is 0 Å². The molecule has 0 radical (unpaired) electrons. The monoisotopic (exact) mass is 236 g/mol. The third kappa shape index (κ3) is 1.69. The Kier molecular flexibility index (Phi) is 2.39. The molecule has 0 spiro atoms. The first-order valence-electron chi connectivity index (χ1n) is 5.23. The van der Waals surface area contributed by atoms with E-state index in [2.05, 4.69) is 13.8 Å². The molecule has 0 aromatic carbocycles. The highest BCUT2D eigenvalue weighted by atomic mass is 35.7. The summed E-state index contributed by atoms with van der Waals surface area (Å²) in [4.78, 5) is 0. The van der Waals surface area contributed by atoms with E-state index in [1.54, 1.807) is 0 Å². The molecule has 0 saturated heterocycles. The normalized spacial score (nSPS) is 40.4. The Morgan fingerprint density at radius 2 is 2.00 bits per heavy atom. The standard InChI is InChI=1S/C10H17ClO2S/c1-10(2)8-4-3-7(5-8)9(10)6-14(11,12)13/h7-9H,3-6H2,1-2H3. The summed E-state index contributed by atoms with van der Waals surface area (Å²) >= 11 is 0. The predicted octanol–water partition coefficient (Wildman–Crippen LogP) is 2.63. The van der Waals surface area contributed by atoms with E-state index in [4.69, 9.17) is 10.7 Å². The van der Waals surface area contributed by atoms with Crippen molar-refractivity contribution in [3.63, 3.8) is 0 Å². The highest BCUT2D eigenvalue weighted by molar-refractivity contribution is 8.13. The van der Waals surface area contributed by atoms with Gasteiger partial charge in [-0.1, -0.05) is 13.8 Å². The fourth-order valence-corrected chi connectivity index (χ4v) is 5.07.